The first kappa shape index (κ1) is 23.6. The molecule has 1 aromatic heterocycles. The van der Waals surface area contributed by atoms with Gasteiger partial charge in [0.1, 0.15) is 6.04 Å². The number of benzene rings is 2. The van der Waals surface area contributed by atoms with Crippen molar-refractivity contribution in [2.24, 2.45) is 0 Å². The van der Waals surface area contributed by atoms with Gasteiger partial charge in [0.05, 0.1) is 5.41 Å². The molecule has 6 nitrogen and oxygen atoms in total. The van der Waals surface area contributed by atoms with Crippen molar-refractivity contribution in [2.45, 2.75) is 30.7 Å². The Morgan fingerprint density at radius 1 is 1.15 bits per heavy atom. The Morgan fingerprint density at radius 3 is 2.61 bits per heavy atom. The van der Waals surface area contributed by atoms with Crippen LogP contribution in [0.5, 0.6) is 0 Å². The van der Waals surface area contributed by atoms with Crippen LogP contribution < -0.4 is 10.6 Å². The fourth-order valence-corrected chi connectivity index (χ4v) is 4.76. The zero-order chi connectivity index (χ0) is 23.6. The number of likely N-dealkylation sites (N-methyl/N-ethyl adjacent to an activating group) is 1. The Morgan fingerprint density at radius 2 is 1.91 bits per heavy atom. The van der Waals surface area contributed by atoms with Gasteiger partial charge in [-0.2, -0.15) is 0 Å². The van der Waals surface area contributed by atoms with E-state index in [2.05, 4.69) is 15.6 Å². The Labute approximate surface area is 203 Å². The van der Waals surface area contributed by atoms with Crippen LogP contribution in [0.2, 0.25) is 10.0 Å². The number of aromatic amines is 1. The van der Waals surface area contributed by atoms with Gasteiger partial charge in [-0.15, -0.1) is 0 Å². The number of rotatable bonds is 9. The van der Waals surface area contributed by atoms with Crippen molar-refractivity contribution in [2.75, 3.05) is 27.2 Å². The molecule has 1 saturated carbocycles. The summed E-state index contributed by atoms with van der Waals surface area (Å²) >= 11 is 12.5. The van der Waals surface area contributed by atoms with Crippen molar-refractivity contribution in [1.29, 1.82) is 0 Å². The Kier molecular flexibility index (Phi) is 6.98. The lowest BCUT2D eigenvalue weighted by Gasteiger charge is -2.23. The van der Waals surface area contributed by atoms with Crippen molar-refractivity contribution in [3.05, 3.63) is 69.8 Å². The predicted molar refractivity (Wildman–Crippen MR) is 133 cm³/mol. The molecular formula is C25H28Cl2N4O2. The fourth-order valence-electron chi connectivity index (χ4n) is 4.17. The molecule has 2 aromatic carbocycles. The Bertz CT molecular complexity index is 1170. The van der Waals surface area contributed by atoms with Crippen LogP contribution in [0.3, 0.4) is 0 Å². The van der Waals surface area contributed by atoms with Gasteiger partial charge in [-0.1, -0.05) is 47.5 Å². The Balaban J connectivity index is 1.56. The third-order valence-corrected chi connectivity index (χ3v) is 6.76. The number of nitrogens with one attached hydrogen (secondary N) is 3. The minimum atomic E-state index is -0.718. The molecule has 0 radical (unpaired) electrons. The van der Waals surface area contributed by atoms with Crippen LogP contribution in [-0.2, 0) is 21.4 Å². The van der Waals surface area contributed by atoms with Crippen LogP contribution in [-0.4, -0.2) is 54.9 Å². The molecule has 1 atom stereocenters. The molecule has 8 heteroatoms. The van der Waals surface area contributed by atoms with Crippen LogP contribution in [0.25, 0.3) is 10.9 Å². The largest absolute Gasteiger partial charge is 0.361 e. The lowest BCUT2D eigenvalue weighted by Crippen LogP contribution is -2.51. The molecule has 0 aliphatic heterocycles. The molecule has 1 unspecified atom stereocenters. The molecule has 174 valence electrons. The van der Waals surface area contributed by atoms with Crippen LogP contribution in [0, 0.1) is 0 Å². The maximum Gasteiger partial charge on any atom is 0.242 e. The molecule has 0 saturated heterocycles. The maximum atomic E-state index is 13.5. The quantitative estimate of drug-likeness (QED) is 0.429. The molecule has 33 heavy (non-hydrogen) atoms. The zero-order valence-electron chi connectivity index (χ0n) is 18.8. The monoisotopic (exact) mass is 486 g/mol. The summed E-state index contributed by atoms with van der Waals surface area (Å²) < 4.78 is 0. The standard InChI is InChI=1S/C25H28Cl2N4O2/c1-31(2)12-11-28-23(32)22(13-16-15-29-21-6-4-3-5-18(16)21)30-24(33)25(9-10-25)19-8-7-17(26)14-20(19)27/h3-8,14-15,22,29H,9-13H2,1-2H3,(H,28,32)(H,30,33). The van der Waals surface area contributed by atoms with Crippen molar-refractivity contribution < 1.29 is 9.59 Å². The molecule has 0 bridgehead atoms. The van der Waals surface area contributed by atoms with E-state index in [9.17, 15) is 9.59 Å². The van der Waals surface area contributed by atoms with E-state index in [0.717, 1.165) is 22.0 Å². The zero-order valence-corrected chi connectivity index (χ0v) is 20.3. The highest BCUT2D eigenvalue weighted by Gasteiger charge is 2.53. The van der Waals surface area contributed by atoms with E-state index in [1.165, 1.54) is 0 Å². The van der Waals surface area contributed by atoms with Crippen LogP contribution in [0.15, 0.2) is 48.7 Å². The number of carbonyl (C=O) groups is 2. The van der Waals surface area contributed by atoms with Crippen molar-refractivity contribution in [3.8, 4) is 0 Å². The van der Waals surface area contributed by atoms with Gasteiger partial charge >= 0.3 is 0 Å². The summed E-state index contributed by atoms with van der Waals surface area (Å²) in [6, 6.07) is 12.4. The molecule has 1 fully saturated rings. The van der Waals surface area contributed by atoms with Crippen molar-refractivity contribution in [3.63, 3.8) is 0 Å². The SMILES string of the molecule is CN(C)CCNC(=O)C(Cc1c[nH]c2ccccc12)NC(=O)C1(c2ccc(Cl)cc2Cl)CC1. The number of halogens is 2. The summed E-state index contributed by atoms with van der Waals surface area (Å²) in [5, 5.41) is 8.03. The number of H-pyrrole nitrogens is 1. The molecule has 2 amide bonds. The van der Waals surface area contributed by atoms with E-state index in [1.54, 1.807) is 12.1 Å². The number of carbonyl (C=O) groups excluding carboxylic acids is 2. The van der Waals surface area contributed by atoms with Crippen LogP contribution >= 0.6 is 23.2 Å². The number of amides is 2. The second-order valence-corrected chi connectivity index (χ2v) is 9.73. The summed E-state index contributed by atoms with van der Waals surface area (Å²) in [5.74, 6) is -0.382. The lowest BCUT2D eigenvalue weighted by molar-refractivity contribution is -0.130. The summed E-state index contributed by atoms with van der Waals surface area (Å²) in [5.41, 5.74) is 2.01. The second kappa shape index (κ2) is 9.75. The van der Waals surface area contributed by atoms with Gasteiger partial charge in [0.15, 0.2) is 0 Å². The minimum Gasteiger partial charge on any atom is -0.361 e. The van der Waals surface area contributed by atoms with E-state index >= 15 is 0 Å². The first-order valence-electron chi connectivity index (χ1n) is 11.0. The number of hydrogen-bond donors (Lipinski definition) is 3. The number of aromatic nitrogens is 1. The number of para-hydroxylation sites is 1. The normalized spacial score (nSPS) is 15.4. The highest BCUT2D eigenvalue weighted by Crippen LogP contribution is 2.51. The van der Waals surface area contributed by atoms with Gasteiger partial charge in [-0.25, -0.2) is 0 Å². The van der Waals surface area contributed by atoms with Gasteiger partial charge in [-0.3, -0.25) is 9.59 Å². The topological polar surface area (TPSA) is 77.2 Å². The maximum absolute atomic E-state index is 13.5. The van der Waals surface area contributed by atoms with E-state index < -0.39 is 11.5 Å². The fraction of sp³-hybridized carbons (Fsp3) is 0.360. The third kappa shape index (κ3) is 5.18. The highest BCUT2D eigenvalue weighted by molar-refractivity contribution is 6.35. The first-order chi connectivity index (χ1) is 15.8. The second-order valence-electron chi connectivity index (χ2n) is 8.89. The number of nitrogens with zero attached hydrogens (tertiary/aromatic N) is 1. The number of fused-ring (bicyclic) bond motifs is 1. The molecule has 1 aliphatic rings. The van der Waals surface area contributed by atoms with E-state index in [4.69, 9.17) is 23.2 Å². The van der Waals surface area contributed by atoms with Crippen LogP contribution in [0.4, 0.5) is 0 Å². The van der Waals surface area contributed by atoms with Crippen molar-refractivity contribution in [1.82, 2.24) is 20.5 Å². The summed E-state index contributed by atoms with van der Waals surface area (Å²) in [7, 11) is 3.90. The smallest absolute Gasteiger partial charge is 0.242 e. The lowest BCUT2D eigenvalue weighted by atomic mass is 9.94. The third-order valence-electron chi connectivity index (χ3n) is 6.21. The molecule has 1 heterocycles. The van der Waals surface area contributed by atoms with Gasteiger partial charge in [0.2, 0.25) is 11.8 Å². The first-order valence-corrected chi connectivity index (χ1v) is 11.8. The van der Waals surface area contributed by atoms with Crippen molar-refractivity contribution >= 4 is 45.9 Å². The molecule has 3 aromatic rings. The van der Waals surface area contributed by atoms with Gasteiger partial charge < -0.3 is 20.5 Å². The van der Waals surface area contributed by atoms with Gasteiger partial charge in [0.25, 0.3) is 0 Å². The number of hydrogen-bond acceptors (Lipinski definition) is 3. The average Bonchev–Trinajstić information content (AvgIpc) is 3.48. The van der Waals surface area contributed by atoms with E-state index in [1.807, 2.05) is 55.5 Å². The van der Waals surface area contributed by atoms with Gasteiger partial charge in [0, 0.05) is 46.7 Å². The Hall–Kier alpha value is -2.54. The molecule has 3 N–H and O–H groups in total. The average molecular weight is 487 g/mol. The highest BCUT2D eigenvalue weighted by atomic mass is 35.5. The van der Waals surface area contributed by atoms with Gasteiger partial charge in [-0.05, 0) is 56.3 Å². The summed E-state index contributed by atoms with van der Waals surface area (Å²) in [6.45, 7) is 1.21. The molecule has 0 spiro atoms. The molecule has 4 rings (SSSR count). The van der Waals surface area contributed by atoms with E-state index in [-0.39, 0.29) is 11.8 Å². The predicted octanol–water partition coefficient (Wildman–Crippen LogP) is 3.91. The molecular weight excluding hydrogens is 459 g/mol. The van der Waals surface area contributed by atoms with Crippen LogP contribution in [0.1, 0.15) is 24.0 Å². The molecule has 1 aliphatic carbocycles. The summed E-state index contributed by atoms with van der Waals surface area (Å²) in [6.07, 6.45) is 3.65. The van der Waals surface area contributed by atoms with E-state index in [0.29, 0.717) is 42.4 Å². The minimum absolute atomic E-state index is 0.181. The summed E-state index contributed by atoms with van der Waals surface area (Å²) in [4.78, 5) is 31.8.